The Balaban J connectivity index is 2.16. The second-order valence-corrected chi connectivity index (χ2v) is 5.62. The van der Waals surface area contributed by atoms with Crippen molar-refractivity contribution in [2.24, 2.45) is 0 Å². The Morgan fingerprint density at radius 1 is 1.18 bits per heavy atom. The third-order valence-electron chi connectivity index (χ3n) is 3.61. The number of carbonyl (C=O) groups is 1. The van der Waals surface area contributed by atoms with Gasteiger partial charge < -0.3 is 10.0 Å². The first-order chi connectivity index (χ1) is 10.5. The molecule has 118 valence electrons. The van der Waals surface area contributed by atoms with E-state index in [1.165, 1.54) is 0 Å². The fourth-order valence-corrected chi connectivity index (χ4v) is 2.33. The quantitative estimate of drug-likeness (QED) is 0.814. The van der Waals surface area contributed by atoms with Gasteiger partial charge in [-0.05, 0) is 38.3 Å². The van der Waals surface area contributed by atoms with Crippen LogP contribution in [0.25, 0.3) is 11.3 Å². The Kier molecular flexibility index (Phi) is 5.30. The molecule has 2 N–H and O–H groups in total. The van der Waals surface area contributed by atoms with Gasteiger partial charge in [-0.1, -0.05) is 24.3 Å². The van der Waals surface area contributed by atoms with Gasteiger partial charge in [-0.25, -0.2) is 0 Å². The molecular weight excluding hydrogens is 280 g/mol. The number of rotatable bonds is 7. The van der Waals surface area contributed by atoms with Crippen molar-refractivity contribution < 1.29 is 9.90 Å². The van der Waals surface area contributed by atoms with E-state index in [-0.39, 0.29) is 0 Å². The summed E-state index contributed by atoms with van der Waals surface area (Å²) < 4.78 is 0. The van der Waals surface area contributed by atoms with Crippen molar-refractivity contribution in [1.82, 2.24) is 20.0 Å². The highest BCUT2D eigenvalue weighted by Crippen LogP contribution is 2.23. The van der Waals surface area contributed by atoms with Gasteiger partial charge in [0.1, 0.15) is 6.04 Å². The van der Waals surface area contributed by atoms with E-state index >= 15 is 0 Å². The van der Waals surface area contributed by atoms with Crippen molar-refractivity contribution in [3.63, 3.8) is 0 Å². The first-order valence-corrected chi connectivity index (χ1v) is 7.16. The number of carboxylic acid groups (broad SMARTS) is 1. The summed E-state index contributed by atoms with van der Waals surface area (Å²) in [6.45, 7) is 1.50. The van der Waals surface area contributed by atoms with Crippen LogP contribution in [0.2, 0.25) is 0 Å². The Bertz CT molecular complexity index is 593. The van der Waals surface area contributed by atoms with Crippen LogP contribution in [0.4, 0.5) is 0 Å². The molecule has 1 heterocycles. The van der Waals surface area contributed by atoms with Crippen LogP contribution in [0, 0.1) is 0 Å². The van der Waals surface area contributed by atoms with Crippen LogP contribution in [-0.2, 0) is 4.79 Å². The Morgan fingerprint density at radius 3 is 2.36 bits per heavy atom. The maximum absolute atomic E-state index is 11.6. The number of nitrogens with zero attached hydrogens (tertiary/aromatic N) is 3. The molecule has 22 heavy (non-hydrogen) atoms. The lowest BCUT2D eigenvalue weighted by Gasteiger charge is -2.26. The maximum Gasteiger partial charge on any atom is 0.325 e. The number of likely N-dealkylation sites (N-methyl/N-ethyl adjacent to an activating group) is 2. The summed E-state index contributed by atoms with van der Waals surface area (Å²) in [5, 5.41) is 16.4. The molecule has 1 aromatic carbocycles. The Labute approximate surface area is 130 Å². The SMILES string of the molecule is CN(C)CCN(C)[C@@H](C(=O)O)c1ccc(-c2ccn[nH]2)cc1. The highest BCUT2D eigenvalue weighted by molar-refractivity contribution is 5.76. The van der Waals surface area contributed by atoms with Crippen LogP contribution in [0.1, 0.15) is 11.6 Å². The molecule has 1 atom stereocenters. The van der Waals surface area contributed by atoms with E-state index in [2.05, 4.69) is 10.2 Å². The van der Waals surface area contributed by atoms with Gasteiger partial charge >= 0.3 is 5.97 Å². The zero-order chi connectivity index (χ0) is 16.1. The number of aromatic nitrogens is 2. The maximum atomic E-state index is 11.6. The predicted molar refractivity (Wildman–Crippen MR) is 85.6 cm³/mol. The molecule has 2 aromatic rings. The summed E-state index contributed by atoms with van der Waals surface area (Å²) in [5.41, 5.74) is 2.68. The van der Waals surface area contributed by atoms with Crippen molar-refractivity contribution in [3.05, 3.63) is 42.1 Å². The predicted octanol–water partition coefficient (Wildman–Crippen LogP) is 1.70. The van der Waals surface area contributed by atoms with E-state index in [0.717, 1.165) is 23.4 Å². The molecule has 6 heteroatoms. The van der Waals surface area contributed by atoms with E-state index in [9.17, 15) is 9.90 Å². The third-order valence-corrected chi connectivity index (χ3v) is 3.61. The second kappa shape index (κ2) is 7.20. The zero-order valence-electron chi connectivity index (χ0n) is 13.2. The molecular formula is C16H22N4O2. The van der Waals surface area contributed by atoms with Gasteiger partial charge in [-0.15, -0.1) is 0 Å². The lowest BCUT2D eigenvalue weighted by molar-refractivity contribution is -0.143. The van der Waals surface area contributed by atoms with Gasteiger partial charge in [0.15, 0.2) is 0 Å². The molecule has 1 aromatic heterocycles. The summed E-state index contributed by atoms with van der Waals surface area (Å²) >= 11 is 0. The number of hydrogen-bond acceptors (Lipinski definition) is 4. The average Bonchev–Trinajstić information content (AvgIpc) is 3.00. The summed E-state index contributed by atoms with van der Waals surface area (Å²) in [6.07, 6.45) is 1.69. The van der Waals surface area contributed by atoms with E-state index < -0.39 is 12.0 Å². The minimum Gasteiger partial charge on any atom is -0.480 e. The fraction of sp³-hybridized carbons (Fsp3) is 0.375. The van der Waals surface area contributed by atoms with Crippen LogP contribution in [0.15, 0.2) is 36.5 Å². The Hall–Kier alpha value is -2.18. The van der Waals surface area contributed by atoms with Gasteiger partial charge in [0.25, 0.3) is 0 Å². The molecule has 0 bridgehead atoms. The molecule has 6 nitrogen and oxygen atoms in total. The normalized spacial score (nSPS) is 12.8. The molecule has 2 rings (SSSR count). The van der Waals surface area contributed by atoms with Crippen LogP contribution in [0.3, 0.4) is 0 Å². The van der Waals surface area contributed by atoms with Crippen molar-refractivity contribution >= 4 is 5.97 Å². The van der Waals surface area contributed by atoms with Crippen molar-refractivity contribution in [3.8, 4) is 11.3 Å². The van der Waals surface area contributed by atoms with Crippen molar-refractivity contribution in [2.75, 3.05) is 34.2 Å². The first kappa shape index (κ1) is 16.2. The highest BCUT2D eigenvalue weighted by atomic mass is 16.4. The highest BCUT2D eigenvalue weighted by Gasteiger charge is 2.24. The van der Waals surface area contributed by atoms with Crippen LogP contribution in [-0.4, -0.2) is 65.3 Å². The third kappa shape index (κ3) is 3.93. The standard InChI is InChI=1S/C16H22N4O2/c1-19(2)10-11-20(3)15(16(21)22)13-6-4-12(5-7-13)14-8-9-17-18-14/h4-9,15H,10-11H2,1-3H3,(H,17,18)(H,21,22)/t15-/m1/s1. The topological polar surface area (TPSA) is 72.5 Å². The Morgan fingerprint density at radius 2 is 1.86 bits per heavy atom. The molecule has 0 fully saturated rings. The van der Waals surface area contributed by atoms with Gasteiger partial charge in [0.2, 0.25) is 0 Å². The van der Waals surface area contributed by atoms with Gasteiger partial charge in [0, 0.05) is 19.3 Å². The average molecular weight is 302 g/mol. The number of aromatic amines is 1. The lowest BCUT2D eigenvalue weighted by Crippen LogP contribution is -2.35. The number of H-pyrrole nitrogens is 1. The molecule has 0 saturated carbocycles. The fourth-order valence-electron chi connectivity index (χ4n) is 2.33. The largest absolute Gasteiger partial charge is 0.480 e. The summed E-state index contributed by atoms with van der Waals surface area (Å²) in [6, 6.07) is 8.79. The lowest BCUT2D eigenvalue weighted by atomic mass is 10.0. The second-order valence-electron chi connectivity index (χ2n) is 5.62. The molecule has 0 unspecified atom stereocenters. The van der Waals surface area contributed by atoms with E-state index in [4.69, 9.17) is 0 Å². The number of hydrogen-bond donors (Lipinski definition) is 2. The monoisotopic (exact) mass is 302 g/mol. The minimum absolute atomic E-state index is 0.643. The molecule has 0 amide bonds. The van der Waals surface area contributed by atoms with Gasteiger partial charge in [-0.2, -0.15) is 5.10 Å². The number of benzene rings is 1. The summed E-state index contributed by atoms with van der Waals surface area (Å²) in [4.78, 5) is 15.5. The van der Waals surface area contributed by atoms with E-state index in [1.54, 1.807) is 6.20 Å². The number of aliphatic carboxylic acids is 1. The van der Waals surface area contributed by atoms with Gasteiger partial charge in [0.05, 0.1) is 5.69 Å². The molecule has 0 aliphatic heterocycles. The smallest absolute Gasteiger partial charge is 0.325 e. The van der Waals surface area contributed by atoms with Crippen molar-refractivity contribution in [1.29, 1.82) is 0 Å². The molecule has 0 spiro atoms. The van der Waals surface area contributed by atoms with Gasteiger partial charge in [-0.3, -0.25) is 14.8 Å². The van der Waals surface area contributed by atoms with E-state index in [1.807, 2.05) is 61.3 Å². The molecule has 0 radical (unpaired) electrons. The van der Waals surface area contributed by atoms with Crippen LogP contribution in [0.5, 0.6) is 0 Å². The van der Waals surface area contributed by atoms with Crippen molar-refractivity contribution in [2.45, 2.75) is 6.04 Å². The van der Waals surface area contributed by atoms with E-state index in [0.29, 0.717) is 6.54 Å². The zero-order valence-corrected chi connectivity index (χ0v) is 13.2. The van der Waals surface area contributed by atoms with Crippen LogP contribution >= 0.6 is 0 Å². The molecule has 0 saturated heterocycles. The van der Waals surface area contributed by atoms with Crippen LogP contribution < -0.4 is 0 Å². The summed E-state index contributed by atoms with van der Waals surface area (Å²) in [5.74, 6) is -0.837. The molecule has 0 aliphatic rings. The first-order valence-electron chi connectivity index (χ1n) is 7.16. The number of nitrogens with one attached hydrogen (secondary N) is 1. The minimum atomic E-state index is -0.837. The number of carboxylic acids is 1. The molecule has 0 aliphatic carbocycles. The summed E-state index contributed by atoms with van der Waals surface area (Å²) in [7, 11) is 5.79.